The van der Waals surface area contributed by atoms with Gasteiger partial charge in [0.15, 0.2) is 6.10 Å². The van der Waals surface area contributed by atoms with Crippen molar-refractivity contribution in [3.8, 4) is 0 Å². The smallest absolute Gasteiger partial charge is 0.334 e. The fraction of sp³-hybridized carbons (Fsp3) is 0.800. The number of urea groups is 1. The number of nitrogens with zero attached hydrogens (tertiary/aromatic N) is 1. The standard InChI is InChI=1S/C10H16N2O4/c13-8(9(14)15)4-11-10(16)12-5-6-1-2-7(12)3-6/h6-8,13H,1-5H2,(H,11,16)(H,14,15). The molecule has 2 amide bonds. The summed E-state index contributed by atoms with van der Waals surface area (Å²) in [6, 6.07) is 0.0551. The van der Waals surface area contributed by atoms with E-state index in [-0.39, 0.29) is 12.6 Å². The summed E-state index contributed by atoms with van der Waals surface area (Å²) in [4.78, 5) is 23.8. The first kappa shape index (κ1) is 11.2. The number of rotatable bonds is 3. The maximum absolute atomic E-state index is 11.7. The van der Waals surface area contributed by atoms with Crippen LogP contribution in [0, 0.1) is 5.92 Å². The van der Waals surface area contributed by atoms with Crippen molar-refractivity contribution in [2.45, 2.75) is 31.4 Å². The lowest BCUT2D eigenvalue weighted by Gasteiger charge is -2.27. The van der Waals surface area contributed by atoms with Crippen molar-refractivity contribution in [2.75, 3.05) is 13.1 Å². The lowest BCUT2D eigenvalue weighted by Crippen LogP contribution is -2.47. The van der Waals surface area contributed by atoms with Crippen molar-refractivity contribution in [1.82, 2.24) is 10.2 Å². The number of carboxylic acid groups (broad SMARTS) is 1. The van der Waals surface area contributed by atoms with Gasteiger partial charge in [0.1, 0.15) is 0 Å². The van der Waals surface area contributed by atoms with Crippen LogP contribution in [0.1, 0.15) is 19.3 Å². The Balaban J connectivity index is 1.78. The van der Waals surface area contributed by atoms with E-state index >= 15 is 0 Å². The maximum Gasteiger partial charge on any atom is 0.334 e. The van der Waals surface area contributed by atoms with E-state index in [1.54, 1.807) is 4.90 Å². The van der Waals surface area contributed by atoms with Crippen molar-refractivity contribution in [3.05, 3.63) is 0 Å². The van der Waals surface area contributed by atoms with Gasteiger partial charge in [-0.15, -0.1) is 0 Å². The molecule has 0 radical (unpaired) electrons. The number of aliphatic carboxylic acids is 1. The molecule has 2 bridgehead atoms. The number of carbonyl (C=O) groups excluding carboxylic acids is 1. The van der Waals surface area contributed by atoms with Crippen molar-refractivity contribution >= 4 is 12.0 Å². The molecule has 1 saturated carbocycles. The molecular formula is C10H16N2O4. The molecule has 2 aliphatic rings. The van der Waals surface area contributed by atoms with Gasteiger partial charge in [-0.05, 0) is 25.2 Å². The van der Waals surface area contributed by atoms with E-state index < -0.39 is 12.1 Å². The number of carbonyl (C=O) groups is 2. The molecule has 6 nitrogen and oxygen atoms in total. The summed E-state index contributed by atoms with van der Waals surface area (Å²) < 4.78 is 0. The van der Waals surface area contributed by atoms with Gasteiger partial charge in [0.25, 0.3) is 0 Å². The van der Waals surface area contributed by atoms with Crippen LogP contribution in [0.5, 0.6) is 0 Å². The van der Waals surface area contributed by atoms with Crippen LogP contribution in [0.15, 0.2) is 0 Å². The fourth-order valence-corrected chi connectivity index (χ4v) is 2.55. The lowest BCUT2D eigenvalue weighted by atomic mass is 10.1. The summed E-state index contributed by atoms with van der Waals surface area (Å²) in [5.74, 6) is -0.705. The van der Waals surface area contributed by atoms with Crippen LogP contribution in [0.3, 0.4) is 0 Å². The Morgan fingerprint density at radius 1 is 1.44 bits per heavy atom. The van der Waals surface area contributed by atoms with Crippen molar-refractivity contribution in [1.29, 1.82) is 0 Å². The molecule has 0 aromatic carbocycles. The molecular weight excluding hydrogens is 212 g/mol. The first-order valence-electron chi connectivity index (χ1n) is 5.53. The summed E-state index contributed by atoms with van der Waals surface area (Å²) >= 11 is 0. The molecule has 0 aromatic rings. The Kier molecular flexibility index (Phi) is 3.00. The first-order chi connectivity index (χ1) is 7.58. The summed E-state index contributed by atoms with van der Waals surface area (Å²) in [5.41, 5.74) is 0. The predicted octanol–water partition coefficient (Wildman–Crippen LogP) is -0.374. The minimum absolute atomic E-state index is 0.234. The quantitative estimate of drug-likeness (QED) is 0.614. The first-order valence-corrected chi connectivity index (χ1v) is 5.53. The van der Waals surface area contributed by atoms with Gasteiger partial charge >= 0.3 is 12.0 Å². The monoisotopic (exact) mass is 228 g/mol. The van der Waals surface area contributed by atoms with Gasteiger partial charge in [-0.3, -0.25) is 0 Å². The molecule has 6 heteroatoms. The van der Waals surface area contributed by atoms with Crippen LogP contribution >= 0.6 is 0 Å². The fourth-order valence-electron chi connectivity index (χ4n) is 2.55. The highest BCUT2D eigenvalue weighted by atomic mass is 16.4. The molecule has 0 aromatic heterocycles. The van der Waals surface area contributed by atoms with Gasteiger partial charge < -0.3 is 20.4 Å². The van der Waals surface area contributed by atoms with E-state index in [4.69, 9.17) is 10.2 Å². The zero-order valence-corrected chi connectivity index (χ0v) is 8.93. The largest absolute Gasteiger partial charge is 0.479 e. The molecule has 1 aliphatic carbocycles. The SMILES string of the molecule is O=C(O)C(O)CNC(=O)N1CC2CCC1C2. The van der Waals surface area contributed by atoms with E-state index in [0.717, 1.165) is 19.4 Å². The summed E-state index contributed by atoms with van der Waals surface area (Å²) in [7, 11) is 0. The topological polar surface area (TPSA) is 89.9 Å². The van der Waals surface area contributed by atoms with Crippen LogP contribution < -0.4 is 5.32 Å². The van der Waals surface area contributed by atoms with E-state index in [1.807, 2.05) is 0 Å². The Morgan fingerprint density at radius 2 is 2.19 bits per heavy atom. The third-order valence-electron chi connectivity index (χ3n) is 3.40. The zero-order valence-electron chi connectivity index (χ0n) is 8.93. The normalized spacial score (nSPS) is 29.2. The Hall–Kier alpha value is -1.30. The highest BCUT2D eigenvalue weighted by Gasteiger charge is 2.40. The molecule has 1 aliphatic heterocycles. The second-order valence-electron chi connectivity index (χ2n) is 4.53. The number of likely N-dealkylation sites (tertiary alicyclic amines) is 1. The summed E-state index contributed by atoms with van der Waals surface area (Å²) in [6.45, 7) is 0.529. The van der Waals surface area contributed by atoms with Crippen molar-refractivity contribution in [2.24, 2.45) is 5.92 Å². The minimum Gasteiger partial charge on any atom is -0.479 e. The van der Waals surface area contributed by atoms with E-state index in [1.165, 1.54) is 6.42 Å². The molecule has 90 valence electrons. The average molecular weight is 228 g/mol. The van der Waals surface area contributed by atoms with Crippen LogP contribution in [0.2, 0.25) is 0 Å². The second kappa shape index (κ2) is 4.29. The number of aliphatic hydroxyl groups is 1. The number of hydrogen-bond donors (Lipinski definition) is 3. The molecule has 1 heterocycles. The Morgan fingerprint density at radius 3 is 2.69 bits per heavy atom. The number of hydrogen-bond acceptors (Lipinski definition) is 3. The average Bonchev–Trinajstić information content (AvgIpc) is 2.86. The number of fused-ring (bicyclic) bond motifs is 2. The highest BCUT2D eigenvalue weighted by Crippen LogP contribution is 2.37. The van der Waals surface area contributed by atoms with Gasteiger partial charge in [-0.1, -0.05) is 0 Å². The minimum atomic E-state index is -1.52. The molecule has 16 heavy (non-hydrogen) atoms. The Bertz CT molecular complexity index is 307. The third kappa shape index (κ3) is 2.11. The molecule has 3 unspecified atom stereocenters. The van der Waals surface area contributed by atoms with Crippen LogP contribution in [-0.2, 0) is 4.79 Å². The van der Waals surface area contributed by atoms with Gasteiger partial charge in [0.05, 0.1) is 6.54 Å². The second-order valence-corrected chi connectivity index (χ2v) is 4.53. The number of nitrogens with one attached hydrogen (secondary N) is 1. The molecule has 2 rings (SSSR count). The molecule has 0 spiro atoms. The highest BCUT2D eigenvalue weighted by molar-refractivity contribution is 5.77. The van der Waals surface area contributed by atoms with Crippen LogP contribution in [-0.4, -0.2) is 52.3 Å². The zero-order chi connectivity index (χ0) is 11.7. The number of carboxylic acids is 1. The van der Waals surface area contributed by atoms with Crippen LogP contribution in [0.25, 0.3) is 0 Å². The molecule has 3 N–H and O–H groups in total. The number of piperidine rings is 1. The van der Waals surface area contributed by atoms with E-state index in [9.17, 15) is 9.59 Å². The predicted molar refractivity (Wildman–Crippen MR) is 54.9 cm³/mol. The Labute approximate surface area is 93.2 Å². The van der Waals surface area contributed by atoms with E-state index in [0.29, 0.717) is 12.0 Å². The summed E-state index contributed by atoms with van der Waals surface area (Å²) in [6.07, 6.45) is 1.77. The summed E-state index contributed by atoms with van der Waals surface area (Å²) in [5, 5.41) is 19.9. The van der Waals surface area contributed by atoms with Crippen LogP contribution in [0.4, 0.5) is 4.79 Å². The van der Waals surface area contributed by atoms with Crippen molar-refractivity contribution < 1.29 is 19.8 Å². The third-order valence-corrected chi connectivity index (χ3v) is 3.40. The van der Waals surface area contributed by atoms with Gasteiger partial charge in [-0.2, -0.15) is 0 Å². The maximum atomic E-state index is 11.7. The lowest BCUT2D eigenvalue weighted by molar-refractivity contribution is -0.146. The molecule has 3 atom stereocenters. The van der Waals surface area contributed by atoms with Crippen molar-refractivity contribution in [3.63, 3.8) is 0 Å². The molecule has 1 saturated heterocycles. The van der Waals surface area contributed by atoms with Gasteiger partial charge in [-0.25, -0.2) is 9.59 Å². The molecule has 2 fully saturated rings. The number of aliphatic hydroxyl groups excluding tert-OH is 1. The van der Waals surface area contributed by atoms with Gasteiger partial charge in [0.2, 0.25) is 0 Å². The number of amides is 2. The van der Waals surface area contributed by atoms with Gasteiger partial charge in [0, 0.05) is 12.6 Å². The van der Waals surface area contributed by atoms with E-state index in [2.05, 4.69) is 5.32 Å².